The fourth-order valence-corrected chi connectivity index (χ4v) is 7.52. The molecule has 24 heteroatoms. The summed E-state index contributed by atoms with van der Waals surface area (Å²) in [6, 6.07) is -8.51. The van der Waals surface area contributed by atoms with E-state index in [0.29, 0.717) is 0 Å². The van der Waals surface area contributed by atoms with E-state index < -0.39 is 127 Å². The van der Waals surface area contributed by atoms with Crippen molar-refractivity contribution in [2.24, 2.45) is 17.2 Å². The molecule has 286 valence electrons. The molecule has 2 saturated heterocycles. The van der Waals surface area contributed by atoms with Crippen molar-refractivity contribution < 1.29 is 58.2 Å². The number of primary amides is 2. The zero-order valence-corrected chi connectivity index (χ0v) is 29.1. The van der Waals surface area contributed by atoms with Gasteiger partial charge in [0.25, 0.3) is 0 Å². The predicted octanol–water partition coefficient (Wildman–Crippen LogP) is -7.04. The lowest BCUT2D eigenvalue weighted by molar-refractivity contribution is -0.142. The molecule has 7 atom stereocenters. The van der Waals surface area contributed by atoms with Crippen LogP contribution in [0.5, 0.6) is 0 Å². The van der Waals surface area contributed by atoms with Crippen molar-refractivity contribution in [2.45, 2.75) is 61.6 Å². The highest BCUT2D eigenvalue weighted by Crippen LogP contribution is 2.23. The summed E-state index contributed by atoms with van der Waals surface area (Å²) >= 11 is 0. The van der Waals surface area contributed by atoms with Gasteiger partial charge in [0.15, 0.2) is 0 Å². The lowest BCUT2D eigenvalue weighted by atomic mass is 10.1. The van der Waals surface area contributed by atoms with Gasteiger partial charge in [0, 0.05) is 31.0 Å². The van der Waals surface area contributed by atoms with E-state index in [1.54, 1.807) is 0 Å². The second-order valence-corrected chi connectivity index (χ2v) is 14.4. The number of aliphatic hydroxyl groups is 1. The van der Waals surface area contributed by atoms with Crippen LogP contribution in [0, 0.1) is 0 Å². The number of aliphatic hydroxyl groups excluding tert-OH is 1. The molecule has 0 bridgehead atoms. The molecule has 52 heavy (non-hydrogen) atoms. The van der Waals surface area contributed by atoms with Crippen molar-refractivity contribution in [2.75, 3.05) is 37.7 Å². The van der Waals surface area contributed by atoms with Crippen molar-refractivity contribution in [1.82, 2.24) is 36.4 Å². The van der Waals surface area contributed by atoms with Gasteiger partial charge in [-0.15, -0.1) is 0 Å². The van der Waals surface area contributed by atoms with Gasteiger partial charge in [-0.25, -0.2) is 0 Å². The molecule has 3 rings (SSSR count). The van der Waals surface area contributed by atoms with Crippen LogP contribution < -0.4 is 43.8 Å². The fraction of sp³-hybridized carbons (Fsp3) is 0.571. The van der Waals surface area contributed by atoms with Gasteiger partial charge in [-0.1, -0.05) is 33.7 Å². The summed E-state index contributed by atoms with van der Waals surface area (Å²) in [5, 5.41) is 31.0. The second kappa shape index (κ2) is 19.1. The number of carbonyl (C=O) groups is 10. The van der Waals surface area contributed by atoms with Gasteiger partial charge in [0.2, 0.25) is 53.2 Å². The molecule has 0 unspecified atom stereocenters. The molecule has 0 aromatic carbocycles. The number of fused-ring (bicyclic) bond motifs is 2. The molecule has 22 nitrogen and oxygen atoms in total. The first kappa shape index (κ1) is 41.5. The number of amides is 9. The minimum absolute atomic E-state index is 0.0542. The van der Waals surface area contributed by atoms with Crippen LogP contribution in [0.15, 0.2) is 12.2 Å². The van der Waals surface area contributed by atoms with Gasteiger partial charge >= 0.3 is 5.97 Å². The standard InChI is InChI=1S/C28H40N10O12S2/c29-13-10-51-52-11-16(23(31)45)36-26(48)14(5-19(30)40)35-28(50)18-4-12(39)9-38(18)21(42)8-33-27(49)17-2-1-3-37(17)20(41)7-32-25(47)15(6-22(43)44)34-24(13)46/h1-2,12-18,39H,3-11,29H2,(H2,30,40)(H2,31,45)(H,32,47)(H,33,49)(H,34,46)(H,35,50)(H,36,48)(H,43,44)/t12-,13-,14+,15-,16-,17+,18+/m1/s1. The maximum Gasteiger partial charge on any atom is 0.305 e. The molecular weight excluding hydrogens is 733 g/mol. The Hall–Kier alpha value is -4.94. The van der Waals surface area contributed by atoms with Crippen LogP contribution in [0.1, 0.15) is 19.3 Å². The van der Waals surface area contributed by atoms with Crippen LogP contribution in [-0.4, -0.2) is 159 Å². The lowest BCUT2D eigenvalue weighted by Gasteiger charge is -2.27. The number of hydrogen-bond donors (Lipinski definition) is 10. The van der Waals surface area contributed by atoms with Gasteiger partial charge in [-0.3, -0.25) is 47.9 Å². The van der Waals surface area contributed by atoms with Crippen LogP contribution in [0.3, 0.4) is 0 Å². The molecule has 0 aliphatic carbocycles. The quantitative estimate of drug-likeness (QED) is 0.0917. The molecule has 3 aliphatic heterocycles. The minimum Gasteiger partial charge on any atom is -0.481 e. The number of carbonyl (C=O) groups excluding carboxylic acids is 9. The third-order valence-corrected chi connectivity index (χ3v) is 10.3. The summed E-state index contributed by atoms with van der Waals surface area (Å²) in [5.74, 6) is -10.1. The molecule has 13 N–H and O–H groups in total. The molecule has 9 amide bonds. The molecule has 3 heterocycles. The largest absolute Gasteiger partial charge is 0.481 e. The Balaban J connectivity index is 1.86. The lowest BCUT2D eigenvalue weighted by Crippen LogP contribution is -2.58. The summed E-state index contributed by atoms with van der Waals surface area (Å²) in [5.41, 5.74) is 16.6. The number of carboxylic acid groups (broad SMARTS) is 1. The molecule has 0 radical (unpaired) electrons. The smallest absolute Gasteiger partial charge is 0.305 e. The van der Waals surface area contributed by atoms with Crippen molar-refractivity contribution in [3.8, 4) is 0 Å². The first-order chi connectivity index (χ1) is 24.5. The number of nitrogens with two attached hydrogens (primary N) is 3. The van der Waals surface area contributed by atoms with E-state index in [2.05, 4.69) is 26.6 Å². The highest BCUT2D eigenvalue weighted by Gasteiger charge is 2.41. The van der Waals surface area contributed by atoms with Crippen LogP contribution >= 0.6 is 21.6 Å². The van der Waals surface area contributed by atoms with E-state index in [4.69, 9.17) is 17.2 Å². The summed E-state index contributed by atoms with van der Waals surface area (Å²) in [7, 11) is 1.91. The number of nitrogens with zero attached hydrogens (tertiary/aromatic N) is 2. The van der Waals surface area contributed by atoms with E-state index in [1.165, 1.54) is 12.2 Å². The predicted molar refractivity (Wildman–Crippen MR) is 181 cm³/mol. The van der Waals surface area contributed by atoms with Crippen LogP contribution in [0.25, 0.3) is 0 Å². The Kier molecular flexibility index (Phi) is 15.2. The number of aliphatic carboxylic acids is 1. The van der Waals surface area contributed by atoms with Crippen LogP contribution in [0.4, 0.5) is 0 Å². The normalized spacial score (nSPS) is 29.2. The summed E-state index contributed by atoms with van der Waals surface area (Å²) in [4.78, 5) is 129. The summed E-state index contributed by atoms with van der Waals surface area (Å²) in [6.45, 7) is -1.75. The monoisotopic (exact) mass is 772 g/mol. The van der Waals surface area contributed by atoms with E-state index in [0.717, 1.165) is 31.4 Å². The number of carboxylic acids is 1. The third kappa shape index (κ3) is 11.8. The van der Waals surface area contributed by atoms with Crippen molar-refractivity contribution in [1.29, 1.82) is 0 Å². The zero-order valence-electron chi connectivity index (χ0n) is 27.5. The molecule has 0 aromatic rings. The van der Waals surface area contributed by atoms with Gasteiger partial charge in [0.1, 0.15) is 30.2 Å². The van der Waals surface area contributed by atoms with E-state index >= 15 is 0 Å². The minimum atomic E-state index is -1.64. The molecule has 0 spiro atoms. The summed E-state index contributed by atoms with van der Waals surface area (Å²) in [6.07, 6.45) is -0.173. The van der Waals surface area contributed by atoms with Gasteiger partial charge in [0.05, 0.1) is 38.1 Å². The molecule has 2 fully saturated rings. The van der Waals surface area contributed by atoms with Gasteiger partial charge in [-0.2, -0.15) is 0 Å². The van der Waals surface area contributed by atoms with Crippen molar-refractivity contribution in [3.05, 3.63) is 12.2 Å². The first-order valence-electron chi connectivity index (χ1n) is 15.7. The number of hydrogen-bond acceptors (Lipinski definition) is 14. The first-order valence-corrected chi connectivity index (χ1v) is 18.2. The molecule has 0 aromatic heterocycles. The zero-order chi connectivity index (χ0) is 38.7. The Morgan fingerprint density at radius 1 is 0.788 bits per heavy atom. The van der Waals surface area contributed by atoms with Crippen LogP contribution in [0.2, 0.25) is 0 Å². The third-order valence-electron chi connectivity index (χ3n) is 7.89. The average Bonchev–Trinajstić information content (AvgIpc) is 3.72. The second-order valence-electron chi connectivity index (χ2n) is 11.8. The Morgan fingerprint density at radius 3 is 2.02 bits per heavy atom. The highest BCUT2D eigenvalue weighted by atomic mass is 33.1. The molecule has 0 saturated carbocycles. The number of nitrogens with one attached hydrogen (secondary N) is 5. The SMILES string of the molecule is NC(=O)C[C@@H]1NC(=O)[C@@H]2C[C@@H](O)CN2C(=O)CNC(=O)[C@@H]2C=CCN2C(=O)CNC(=O)[C@@H](CC(=O)O)NC(=O)[C@H](N)CSSC[C@H](C(N)=O)NC1=O. The van der Waals surface area contributed by atoms with E-state index in [-0.39, 0.29) is 31.0 Å². The Labute approximate surface area is 303 Å². The van der Waals surface area contributed by atoms with Gasteiger partial charge in [-0.05, 0) is 0 Å². The summed E-state index contributed by atoms with van der Waals surface area (Å²) < 4.78 is 0. The Bertz CT molecular complexity index is 1500. The van der Waals surface area contributed by atoms with Crippen LogP contribution in [-0.2, 0) is 47.9 Å². The maximum absolute atomic E-state index is 13.3. The number of rotatable bonds is 5. The van der Waals surface area contributed by atoms with E-state index in [1.807, 2.05) is 0 Å². The molecule has 3 aliphatic rings. The van der Waals surface area contributed by atoms with Crippen molar-refractivity contribution in [3.63, 3.8) is 0 Å². The van der Waals surface area contributed by atoms with E-state index in [9.17, 15) is 58.2 Å². The maximum atomic E-state index is 13.3. The van der Waals surface area contributed by atoms with Gasteiger partial charge < -0.3 is 63.8 Å². The topological polar surface area (TPSA) is 356 Å². The molecular formula is C28H40N10O12S2. The Morgan fingerprint density at radius 2 is 1.38 bits per heavy atom. The average molecular weight is 773 g/mol. The highest BCUT2D eigenvalue weighted by molar-refractivity contribution is 8.76. The van der Waals surface area contributed by atoms with Crippen molar-refractivity contribution >= 4 is 80.7 Å². The fourth-order valence-electron chi connectivity index (χ4n) is 5.22.